The highest BCUT2D eigenvalue weighted by molar-refractivity contribution is 8.21. The first-order chi connectivity index (χ1) is 1.91. The summed E-state index contributed by atoms with van der Waals surface area (Å²) in [7, 11) is 1.06. The first-order valence-corrected chi connectivity index (χ1v) is 4.56. The average molecular weight is 90.2 g/mol. The molecule has 0 amide bonds. The summed E-state index contributed by atoms with van der Waals surface area (Å²) in [4.78, 5) is 0. The zero-order valence-corrected chi connectivity index (χ0v) is 4.72. The Morgan fingerprint density at radius 3 is 2.00 bits per heavy atom. The minimum absolute atomic E-state index is 1.06. The van der Waals surface area contributed by atoms with Crippen molar-refractivity contribution in [3.8, 4) is 0 Å². The second kappa shape index (κ2) is 3.57. The quantitative estimate of drug-likeness (QED) is 0.433. The molecule has 0 spiro atoms. The van der Waals surface area contributed by atoms with Crippen LogP contribution in [0.25, 0.3) is 0 Å². The van der Waals surface area contributed by atoms with Gasteiger partial charge in [-0.15, -0.1) is 0 Å². The molecule has 0 unspecified atom stereocenters. The Morgan fingerprint density at radius 2 is 2.00 bits per heavy atom. The van der Waals surface area contributed by atoms with E-state index in [0.29, 0.717) is 0 Å². The predicted molar refractivity (Wildman–Crippen MR) is 25.1 cm³/mol. The van der Waals surface area contributed by atoms with Crippen LogP contribution >= 0.6 is 11.2 Å². The van der Waals surface area contributed by atoms with Gasteiger partial charge < -0.3 is 0 Å². The zero-order chi connectivity index (χ0) is 3.41. The molecule has 0 aromatic rings. The normalized spacial score (nSPS) is 7.50. The van der Waals surface area contributed by atoms with Crippen molar-refractivity contribution >= 4 is 19.9 Å². The largest absolute Gasteiger partial charge is 0.193 e. The maximum absolute atomic E-state index is 2.17. The molecule has 24 valence electrons. The lowest BCUT2D eigenvalue weighted by Gasteiger charge is -1.66. The maximum Gasteiger partial charge on any atom is 0.119 e. The van der Waals surface area contributed by atoms with Crippen LogP contribution < -0.4 is 0 Å². The molecule has 0 atom stereocenters. The van der Waals surface area contributed by atoms with Gasteiger partial charge in [0.25, 0.3) is 0 Å². The average Bonchev–Trinajstić information content (AvgIpc) is 1.37. The van der Waals surface area contributed by atoms with Crippen molar-refractivity contribution in [1.29, 1.82) is 0 Å². The molecular weight excluding hydrogens is 84.2 g/mol. The summed E-state index contributed by atoms with van der Waals surface area (Å²) in [5, 5.41) is 0. The summed E-state index contributed by atoms with van der Waals surface area (Å²) in [6.45, 7) is 2.17. The van der Waals surface area contributed by atoms with Crippen LogP contribution in [0.15, 0.2) is 0 Å². The third kappa shape index (κ3) is 2.57. The number of hydrogen-bond acceptors (Lipinski definition) is 1. The lowest BCUT2D eigenvalue weighted by Crippen LogP contribution is -1.59. The van der Waals surface area contributed by atoms with Crippen LogP contribution in [0.1, 0.15) is 0 Å². The van der Waals surface area contributed by atoms with Crippen LogP contribution in [0.2, 0.25) is 6.55 Å². The maximum atomic E-state index is 2.17. The van der Waals surface area contributed by atoms with Crippen molar-refractivity contribution in [2.24, 2.45) is 0 Å². The van der Waals surface area contributed by atoms with Crippen LogP contribution in [0.5, 0.6) is 0 Å². The Morgan fingerprint density at radius 1 is 1.75 bits per heavy atom. The van der Waals surface area contributed by atoms with Gasteiger partial charge in [-0.1, -0.05) is 6.55 Å². The molecule has 4 heavy (non-hydrogen) atoms. The fraction of sp³-hybridized carbons (Fsp3) is 1.00. The first kappa shape index (κ1) is 4.57. The van der Waals surface area contributed by atoms with Crippen LogP contribution in [-0.4, -0.2) is 14.9 Å². The Labute approximate surface area is 33.4 Å². The molecule has 0 N–H and O–H groups in total. The standard InChI is InChI=1S/C2H6SSi/c1-3-4-2/h1-2H3. The molecule has 0 heterocycles. The molecule has 0 bridgehead atoms. The molecule has 2 heteroatoms. The van der Waals surface area contributed by atoms with Crippen molar-refractivity contribution in [3.63, 3.8) is 0 Å². The fourth-order valence-electron chi connectivity index (χ4n) is 0. The zero-order valence-electron chi connectivity index (χ0n) is 2.91. The van der Waals surface area contributed by atoms with E-state index in [4.69, 9.17) is 0 Å². The smallest absolute Gasteiger partial charge is 0.119 e. The van der Waals surface area contributed by atoms with E-state index in [1.165, 1.54) is 0 Å². The third-order valence-corrected chi connectivity index (χ3v) is 1.84. The molecule has 2 radical (unpaired) electrons. The van der Waals surface area contributed by atoms with Crippen molar-refractivity contribution in [3.05, 3.63) is 0 Å². The van der Waals surface area contributed by atoms with E-state index >= 15 is 0 Å². The number of hydrogen-bond donors (Lipinski definition) is 0. The molecule has 0 nitrogen and oxygen atoms in total. The highest BCUT2D eigenvalue weighted by Crippen LogP contribution is 1.80. The molecule has 0 saturated heterocycles. The lowest BCUT2D eigenvalue weighted by atomic mass is 11.9. The molecule has 0 rings (SSSR count). The molecule has 0 aliphatic carbocycles. The first-order valence-electron chi connectivity index (χ1n) is 1.11. The summed E-state index contributed by atoms with van der Waals surface area (Å²) in [6, 6.07) is 0. The Kier molecular flexibility index (Phi) is 4.07. The Hall–Kier alpha value is 0.567. The molecule has 0 aromatic heterocycles. The van der Waals surface area contributed by atoms with Crippen LogP contribution in [-0.2, 0) is 0 Å². The predicted octanol–water partition coefficient (Wildman–Crippen LogP) is 1.02. The van der Waals surface area contributed by atoms with Gasteiger partial charge in [0.2, 0.25) is 0 Å². The Bertz CT molecular complexity index is 8.00. The van der Waals surface area contributed by atoms with Gasteiger partial charge in [-0.25, -0.2) is 0 Å². The van der Waals surface area contributed by atoms with Crippen molar-refractivity contribution < 1.29 is 0 Å². The van der Waals surface area contributed by atoms with E-state index in [1.54, 1.807) is 0 Å². The monoisotopic (exact) mass is 90.0 g/mol. The number of rotatable bonds is 1. The molecule has 0 aromatic carbocycles. The second-order valence-electron chi connectivity index (χ2n) is 0.408. The van der Waals surface area contributed by atoms with Crippen molar-refractivity contribution in [2.75, 3.05) is 6.26 Å². The van der Waals surface area contributed by atoms with E-state index in [0.717, 1.165) is 8.67 Å². The molecular formula is C2H6SSi. The summed E-state index contributed by atoms with van der Waals surface area (Å²) in [6.07, 6.45) is 2.11. The minimum atomic E-state index is 1.06. The van der Waals surface area contributed by atoms with Gasteiger partial charge in [0.1, 0.15) is 8.67 Å². The summed E-state index contributed by atoms with van der Waals surface area (Å²) < 4.78 is 0. The van der Waals surface area contributed by atoms with Crippen LogP contribution in [0, 0.1) is 0 Å². The minimum Gasteiger partial charge on any atom is -0.193 e. The van der Waals surface area contributed by atoms with Gasteiger partial charge >= 0.3 is 0 Å². The lowest BCUT2D eigenvalue weighted by molar-refractivity contribution is 2.36. The van der Waals surface area contributed by atoms with Crippen molar-refractivity contribution in [2.45, 2.75) is 6.55 Å². The van der Waals surface area contributed by atoms with Gasteiger partial charge in [-0.05, 0) is 6.26 Å². The third-order valence-electron chi connectivity index (χ3n) is 0.204. The van der Waals surface area contributed by atoms with Gasteiger partial charge in [-0.2, -0.15) is 11.2 Å². The SMILES string of the molecule is C[Si]SC. The summed E-state index contributed by atoms with van der Waals surface area (Å²) in [5.41, 5.74) is 0. The summed E-state index contributed by atoms with van der Waals surface area (Å²) in [5.74, 6) is 0. The van der Waals surface area contributed by atoms with Crippen LogP contribution in [0.4, 0.5) is 0 Å². The van der Waals surface area contributed by atoms with Crippen molar-refractivity contribution in [1.82, 2.24) is 0 Å². The fourth-order valence-corrected chi connectivity index (χ4v) is 0. The topological polar surface area (TPSA) is 0 Å². The molecule has 0 aliphatic heterocycles. The van der Waals surface area contributed by atoms with E-state index < -0.39 is 0 Å². The molecule has 0 saturated carbocycles. The van der Waals surface area contributed by atoms with Gasteiger partial charge in [-0.3, -0.25) is 0 Å². The van der Waals surface area contributed by atoms with Gasteiger partial charge in [0, 0.05) is 0 Å². The second-order valence-corrected chi connectivity index (χ2v) is 3.67. The highest BCUT2D eigenvalue weighted by atomic mass is 32.4. The van der Waals surface area contributed by atoms with Gasteiger partial charge in [0.15, 0.2) is 0 Å². The summed E-state index contributed by atoms with van der Waals surface area (Å²) >= 11 is 1.88. The van der Waals surface area contributed by atoms with E-state index in [-0.39, 0.29) is 0 Å². The molecule has 0 fully saturated rings. The van der Waals surface area contributed by atoms with E-state index in [2.05, 4.69) is 12.8 Å². The van der Waals surface area contributed by atoms with Gasteiger partial charge in [0.05, 0.1) is 0 Å². The Balaban J connectivity index is 1.97. The highest BCUT2D eigenvalue weighted by Gasteiger charge is 1.59. The molecule has 0 aliphatic rings. The van der Waals surface area contributed by atoms with E-state index in [1.807, 2.05) is 11.2 Å². The van der Waals surface area contributed by atoms with Crippen LogP contribution in [0.3, 0.4) is 0 Å². The van der Waals surface area contributed by atoms with E-state index in [9.17, 15) is 0 Å².